The number of hydrogen-bond acceptors (Lipinski definition) is 5. The third-order valence-electron chi connectivity index (χ3n) is 2.51. The standard InChI is InChI=1S/C12H15NO6S/c1-19-11(14)8-7-10(12(15)16)13-20(17,18)9-5-3-2-4-6-9/h2-6,10,13H,7-8H2,1H3,(H,15,16)/t10-/m0/s1. The fourth-order valence-electron chi connectivity index (χ4n) is 1.45. The Morgan fingerprint density at radius 2 is 1.90 bits per heavy atom. The SMILES string of the molecule is COC(=O)CC[C@H](NS(=O)(=O)c1ccccc1)C(=O)O. The number of carbonyl (C=O) groups is 2. The van der Waals surface area contributed by atoms with Crippen molar-refractivity contribution in [1.82, 2.24) is 4.72 Å². The number of aliphatic carboxylic acids is 1. The van der Waals surface area contributed by atoms with E-state index < -0.39 is 28.0 Å². The van der Waals surface area contributed by atoms with Crippen LogP contribution in [0.2, 0.25) is 0 Å². The normalized spacial score (nSPS) is 12.7. The molecule has 0 aliphatic carbocycles. The Morgan fingerprint density at radius 3 is 2.40 bits per heavy atom. The van der Waals surface area contributed by atoms with Gasteiger partial charge in [0.25, 0.3) is 0 Å². The zero-order valence-corrected chi connectivity index (χ0v) is 11.6. The molecule has 20 heavy (non-hydrogen) atoms. The maximum Gasteiger partial charge on any atom is 0.321 e. The monoisotopic (exact) mass is 301 g/mol. The van der Waals surface area contributed by atoms with Crippen LogP contribution in [0.3, 0.4) is 0 Å². The lowest BCUT2D eigenvalue weighted by Crippen LogP contribution is -2.41. The van der Waals surface area contributed by atoms with E-state index in [-0.39, 0.29) is 17.7 Å². The van der Waals surface area contributed by atoms with Crippen molar-refractivity contribution in [3.05, 3.63) is 30.3 Å². The number of carbonyl (C=O) groups excluding carboxylic acids is 1. The number of ether oxygens (including phenoxy) is 1. The Balaban J connectivity index is 2.80. The zero-order chi connectivity index (χ0) is 15.2. The minimum absolute atomic E-state index is 0.0377. The molecule has 7 nitrogen and oxygen atoms in total. The predicted molar refractivity (Wildman–Crippen MR) is 69.4 cm³/mol. The molecule has 0 spiro atoms. The van der Waals surface area contributed by atoms with Crippen LogP contribution in [0.4, 0.5) is 0 Å². The first-order valence-corrected chi connectivity index (χ1v) is 7.22. The highest BCUT2D eigenvalue weighted by Crippen LogP contribution is 2.10. The highest BCUT2D eigenvalue weighted by atomic mass is 32.2. The van der Waals surface area contributed by atoms with Gasteiger partial charge >= 0.3 is 11.9 Å². The van der Waals surface area contributed by atoms with Crippen molar-refractivity contribution >= 4 is 22.0 Å². The molecule has 1 aromatic rings. The van der Waals surface area contributed by atoms with E-state index in [1.54, 1.807) is 6.07 Å². The van der Waals surface area contributed by atoms with Crippen LogP contribution in [0.5, 0.6) is 0 Å². The molecule has 0 unspecified atom stereocenters. The summed E-state index contributed by atoms with van der Waals surface area (Å²) in [5.41, 5.74) is 0. The van der Waals surface area contributed by atoms with Gasteiger partial charge in [-0.25, -0.2) is 8.42 Å². The van der Waals surface area contributed by atoms with E-state index in [1.165, 1.54) is 31.4 Å². The molecule has 1 rings (SSSR count). The number of methoxy groups -OCH3 is 1. The summed E-state index contributed by atoms with van der Waals surface area (Å²) in [6, 6.07) is 6.00. The summed E-state index contributed by atoms with van der Waals surface area (Å²) in [7, 11) is -2.77. The van der Waals surface area contributed by atoms with Gasteiger partial charge in [0, 0.05) is 6.42 Å². The van der Waals surface area contributed by atoms with E-state index in [0.29, 0.717) is 0 Å². The summed E-state index contributed by atoms with van der Waals surface area (Å²) in [5.74, 6) is -1.96. The Bertz CT molecular complexity index is 569. The van der Waals surface area contributed by atoms with Gasteiger partial charge in [0.05, 0.1) is 12.0 Å². The van der Waals surface area contributed by atoms with Crippen molar-refractivity contribution in [3.63, 3.8) is 0 Å². The molecule has 1 aromatic carbocycles. The van der Waals surface area contributed by atoms with Crippen LogP contribution in [-0.2, 0) is 24.3 Å². The van der Waals surface area contributed by atoms with Crippen molar-refractivity contribution in [3.8, 4) is 0 Å². The largest absolute Gasteiger partial charge is 0.480 e. The lowest BCUT2D eigenvalue weighted by atomic mass is 10.2. The average Bonchev–Trinajstić information content (AvgIpc) is 2.43. The summed E-state index contributed by atoms with van der Waals surface area (Å²) >= 11 is 0. The van der Waals surface area contributed by atoms with E-state index in [9.17, 15) is 18.0 Å². The van der Waals surface area contributed by atoms with E-state index in [2.05, 4.69) is 9.46 Å². The lowest BCUT2D eigenvalue weighted by Gasteiger charge is -2.14. The topological polar surface area (TPSA) is 110 Å². The van der Waals surface area contributed by atoms with Gasteiger partial charge in [-0.2, -0.15) is 4.72 Å². The molecule has 0 aliphatic rings. The van der Waals surface area contributed by atoms with Gasteiger partial charge in [-0.15, -0.1) is 0 Å². The van der Waals surface area contributed by atoms with Crippen LogP contribution < -0.4 is 4.72 Å². The summed E-state index contributed by atoms with van der Waals surface area (Å²) in [6.45, 7) is 0. The Labute approximate surface area is 116 Å². The second kappa shape index (κ2) is 7.01. The zero-order valence-electron chi connectivity index (χ0n) is 10.8. The molecule has 1 atom stereocenters. The Kier molecular flexibility index (Phi) is 5.66. The molecule has 0 radical (unpaired) electrons. The van der Waals surface area contributed by atoms with Crippen molar-refractivity contribution in [1.29, 1.82) is 0 Å². The predicted octanol–water partition coefficient (Wildman–Crippen LogP) is 0.371. The molecule has 0 aliphatic heterocycles. The van der Waals surface area contributed by atoms with Gasteiger partial charge in [0.1, 0.15) is 6.04 Å². The average molecular weight is 301 g/mol. The number of esters is 1. The highest BCUT2D eigenvalue weighted by molar-refractivity contribution is 7.89. The fourth-order valence-corrected chi connectivity index (χ4v) is 2.70. The molecular weight excluding hydrogens is 286 g/mol. The number of rotatable bonds is 7. The molecule has 2 N–H and O–H groups in total. The van der Waals surface area contributed by atoms with Crippen LogP contribution in [0, 0.1) is 0 Å². The summed E-state index contributed by atoms with van der Waals surface area (Å²) < 4.78 is 30.4. The summed E-state index contributed by atoms with van der Waals surface area (Å²) in [4.78, 5) is 22.0. The number of carboxylic acid groups (broad SMARTS) is 1. The van der Waals surface area contributed by atoms with Crippen molar-refractivity contribution in [2.45, 2.75) is 23.8 Å². The maximum atomic E-state index is 12.0. The van der Waals surface area contributed by atoms with E-state index in [1.807, 2.05) is 0 Å². The third-order valence-corrected chi connectivity index (χ3v) is 4.00. The van der Waals surface area contributed by atoms with Crippen LogP contribution in [0.1, 0.15) is 12.8 Å². The first kappa shape index (κ1) is 16.1. The molecule has 110 valence electrons. The highest BCUT2D eigenvalue weighted by Gasteiger charge is 2.25. The van der Waals surface area contributed by atoms with Gasteiger partial charge in [-0.05, 0) is 18.6 Å². The molecule has 0 aromatic heterocycles. The van der Waals surface area contributed by atoms with E-state index in [0.717, 1.165) is 0 Å². The van der Waals surface area contributed by atoms with E-state index in [4.69, 9.17) is 5.11 Å². The van der Waals surface area contributed by atoms with Crippen LogP contribution in [0.25, 0.3) is 0 Å². The van der Waals surface area contributed by atoms with Gasteiger partial charge in [-0.3, -0.25) is 9.59 Å². The maximum absolute atomic E-state index is 12.0. The van der Waals surface area contributed by atoms with Gasteiger partial charge < -0.3 is 9.84 Å². The first-order valence-electron chi connectivity index (χ1n) is 5.74. The number of carboxylic acids is 1. The molecular formula is C12H15NO6S. The van der Waals surface area contributed by atoms with Crippen LogP contribution in [-0.4, -0.2) is 38.6 Å². The minimum Gasteiger partial charge on any atom is -0.480 e. The van der Waals surface area contributed by atoms with Crippen LogP contribution in [0.15, 0.2) is 35.2 Å². The van der Waals surface area contributed by atoms with Crippen molar-refractivity contribution in [2.75, 3.05) is 7.11 Å². The smallest absolute Gasteiger partial charge is 0.321 e. The quantitative estimate of drug-likeness (QED) is 0.704. The summed E-state index contributed by atoms with van der Waals surface area (Å²) in [6.07, 6.45) is -0.376. The lowest BCUT2D eigenvalue weighted by molar-refractivity contribution is -0.142. The second-order valence-corrected chi connectivity index (χ2v) is 5.65. The van der Waals surface area contributed by atoms with Gasteiger partial charge in [-0.1, -0.05) is 18.2 Å². The van der Waals surface area contributed by atoms with Crippen LogP contribution >= 0.6 is 0 Å². The molecule has 0 saturated carbocycles. The summed E-state index contributed by atoms with van der Waals surface area (Å²) in [5, 5.41) is 8.99. The Hall–Kier alpha value is -1.93. The van der Waals surface area contributed by atoms with E-state index >= 15 is 0 Å². The second-order valence-electron chi connectivity index (χ2n) is 3.94. The third kappa shape index (κ3) is 4.63. The Morgan fingerprint density at radius 1 is 1.30 bits per heavy atom. The molecule has 0 bridgehead atoms. The number of nitrogens with one attached hydrogen (secondary N) is 1. The van der Waals surface area contributed by atoms with Gasteiger partial charge in [0.15, 0.2) is 0 Å². The number of sulfonamides is 1. The first-order chi connectivity index (χ1) is 9.36. The molecule has 0 saturated heterocycles. The number of hydrogen-bond donors (Lipinski definition) is 2. The molecule has 8 heteroatoms. The van der Waals surface area contributed by atoms with Crippen molar-refractivity contribution in [2.24, 2.45) is 0 Å². The van der Waals surface area contributed by atoms with Gasteiger partial charge in [0.2, 0.25) is 10.0 Å². The number of benzene rings is 1. The van der Waals surface area contributed by atoms with Crippen molar-refractivity contribution < 1.29 is 27.9 Å². The molecule has 0 amide bonds. The fraction of sp³-hybridized carbons (Fsp3) is 0.333. The minimum atomic E-state index is -3.94. The molecule has 0 heterocycles. The molecule has 0 fully saturated rings.